The van der Waals surface area contributed by atoms with Gasteiger partial charge < -0.3 is 4.98 Å². The third-order valence-electron chi connectivity index (χ3n) is 3.01. The normalized spacial score (nSPS) is 10.8. The topological polar surface area (TPSA) is 32.9 Å². The van der Waals surface area contributed by atoms with Crippen LogP contribution in [0.1, 0.15) is 0 Å². The Kier molecular flexibility index (Phi) is 3.09. The zero-order valence-electron chi connectivity index (χ0n) is 9.85. The molecule has 0 aliphatic carbocycles. The first-order chi connectivity index (χ1) is 9.16. The summed E-state index contributed by atoms with van der Waals surface area (Å²) < 4.78 is 0. The van der Waals surface area contributed by atoms with E-state index in [0.29, 0.717) is 9.92 Å². The van der Waals surface area contributed by atoms with Crippen LogP contribution in [0, 0.1) is 0 Å². The van der Waals surface area contributed by atoms with Crippen LogP contribution >= 0.6 is 24.2 Å². The van der Waals surface area contributed by atoms with Gasteiger partial charge in [0.05, 0.1) is 4.90 Å². The van der Waals surface area contributed by atoms with Crippen LogP contribution < -0.4 is 5.56 Å². The molecule has 3 aromatic rings. The number of thiol groups is 1. The van der Waals surface area contributed by atoms with Crippen molar-refractivity contribution in [3.05, 3.63) is 63.9 Å². The highest BCUT2D eigenvalue weighted by Crippen LogP contribution is 2.32. The van der Waals surface area contributed by atoms with E-state index >= 15 is 0 Å². The lowest BCUT2D eigenvalue weighted by atomic mass is 10.0. The van der Waals surface area contributed by atoms with Crippen molar-refractivity contribution in [2.24, 2.45) is 0 Å². The molecular formula is C15H10ClNOS. The van der Waals surface area contributed by atoms with Gasteiger partial charge in [0.1, 0.15) is 0 Å². The van der Waals surface area contributed by atoms with Crippen molar-refractivity contribution in [1.29, 1.82) is 0 Å². The van der Waals surface area contributed by atoms with Crippen molar-refractivity contribution < 1.29 is 0 Å². The summed E-state index contributed by atoms with van der Waals surface area (Å²) in [4.78, 5) is 15.2. The van der Waals surface area contributed by atoms with E-state index in [1.54, 1.807) is 12.1 Å². The molecule has 2 aromatic carbocycles. The first kappa shape index (κ1) is 12.3. The SMILES string of the molecule is O=c1[nH]c2ccc(Cl)cc2c(-c2ccccc2)c1S. The number of fused-ring (bicyclic) bond motifs is 1. The maximum atomic E-state index is 11.9. The highest BCUT2D eigenvalue weighted by atomic mass is 35.5. The summed E-state index contributed by atoms with van der Waals surface area (Å²) in [7, 11) is 0. The van der Waals surface area contributed by atoms with Crippen LogP contribution in [-0.4, -0.2) is 4.98 Å². The molecule has 0 spiro atoms. The molecule has 0 atom stereocenters. The molecule has 0 bridgehead atoms. The summed E-state index contributed by atoms with van der Waals surface area (Å²) in [6, 6.07) is 15.1. The Morgan fingerprint density at radius 2 is 1.79 bits per heavy atom. The van der Waals surface area contributed by atoms with Gasteiger partial charge in [-0.25, -0.2) is 0 Å². The van der Waals surface area contributed by atoms with Gasteiger partial charge in [-0.05, 0) is 23.8 Å². The van der Waals surface area contributed by atoms with E-state index in [2.05, 4.69) is 17.6 Å². The van der Waals surface area contributed by atoms with Crippen LogP contribution in [0.3, 0.4) is 0 Å². The lowest BCUT2D eigenvalue weighted by Crippen LogP contribution is -2.08. The summed E-state index contributed by atoms with van der Waals surface area (Å²) >= 11 is 10.4. The Labute approximate surface area is 120 Å². The summed E-state index contributed by atoms with van der Waals surface area (Å²) in [6.07, 6.45) is 0. The molecule has 2 nitrogen and oxygen atoms in total. The summed E-state index contributed by atoms with van der Waals surface area (Å²) in [5.74, 6) is 0. The minimum Gasteiger partial charge on any atom is -0.321 e. The lowest BCUT2D eigenvalue weighted by Gasteiger charge is -2.09. The second-order valence-corrected chi connectivity index (χ2v) is 5.12. The van der Waals surface area contributed by atoms with Crippen LogP contribution in [0.5, 0.6) is 0 Å². The number of aromatic amines is 1. The van der Waals surface area contributed by atoms with Gasteiger partial charge in [0.2, 0.25) is 0 Å². The van der Waals surface area contributed by atoms with E-state index in [0.717, 1.165) is 22.0 Å². The summed E-state index contributed by atoms with van der Waals surface area (Å²) in [5, 5.41) is 1.52. The Bertz CT molecular complexity index is 811. The van der Waals surface area contributed by atoms with Crippen molar-refractivity contribution in [3.8, 4) is 11.1 Å². The van der Waals surface area contributed by atoms with Gasteiger partial charge in [-0.2, -0.15) is 0 Å². The van der Waals surface area contributed by atoms with Crippen molar-refractivity contribution in [3.63, 3.8) is 0 Å². The minimum atomic E-state index is -0.197. The average Bonchev–Trinajstić information content (AvgIpc) is 2.42. The van der Waals surface area contributed by atoms with Gasteiger partial charge in [-0.15, -0.1) is 12.6 Å². The number of nitrogens with one attached hydrogen (secondary N) is 1. The quantitative estimate of drug-likeness (QED) is 0.648. The molecule has 0 unspecified atom stereocenters. The zero-order chi connectivity index (χ0) is 13.4. The lowest BCUT2D eigenvalue weighted by molar-refractivity contribution is 1.20. The zero-order valence-corrected chi connectivity index (χ0v) is 11.5. The van der Waals surface area contributed by atoms with Gasteiger partial charge in [0.25, 0.3) is 5.56 Å². The van der Waals surface area contributed by atoms with Crippen LogP contribution in [-0.2, 0) is 0 Å². The first-order valence-electron chi connectivity index (χ1n) is 5.77. The van der Waals surface area contributed by atoms with Gasteiger partial charge in [-0.3, -0.25) is 4.79 Å². The molecule has 0 aliphatic rings. The van der Waals surface area contributed by atoms with Gasteiger partial charge in [0.15, 0.2) is 0 Å². The molecule has 1 heterocycles. The number of rotatable bonds is 1. The first-order valence-corrected chi connectivity index (χ1v) is 6.59. The Hall–Kier alpha value is -1.71. The third-order valence-corrected chi connectivity index (χ3v) is 3.68. The highest BCUT2D eigenvalue weighted by molar-refractivity contribution is 7.80. The number of benzene rings is 2. The molecule has 94 valence electrons. The molecule has 0 fully saturated rings. The number of hydrogen-bond acceptors (Lipinski definition) is 2. The van der Waals surface area contributed by atoms with E-state index < -0.39 is 0 Å². The second kappa shape index (κ2) is 4.76. The molecule has 1 N–H and O–H groups in total. The molecular weight excluding hydrogens is 278 g/mol. The van der Waals surface area contributed by atoms with E-state index in [-0.39, 0.29) is 5.56 Å². The maximum Gasteiger partial charge on any atom is 0.262 e. The summed E-state index contributed by atoms with van der Waals surface area (Å²) in [6.45, 7) is 0. The van der Waals surface area contributed by atoms with Gasteiger partial charge in [0, 0.05) is 21.5 Å². The molecule has 3 rings (SSSR count). The number of pyridine rings is 1. The van der Waals surface area contributed by atoms with Crippen molar-refractivity contribution >= 4 is 35.1 Å². The molecule has 4 heteroatoms. The highest BCUT2D eigenvalue weighted by Gasteiger charge is 2.11. The number of aromatic nitrogens is 1. The third kappa shape index (κ3) is 2.15. The largest absolute Gasteiger partial charge is 0.321 e. The van der Waals surface area contributed by atoms with E-state index in [1.165, 1.54) is 0 Å². The fourth-order valence-electron chi connectivity index (χ4n) is 2.15. The molecule has 19 heavy (non-hydrogen) atoms. The maximum absolute atomic E-state index is 11.9. The molecule has 0 radical (unpaired) electrons. The van der Waals surface area contributed by atoms with E-state index in [4.69, 9.17) is 11.6 Å². The summed E-state index contributed by atoms with van der Waals surface area (Å²) in [5.41, 5.74) is 2.32. The fraction of sp³-hybridized carbons (Fsp3) is 0. The Morgan fingerprint density at radius 3 is 2.53 bits per heavy atom. The Balaban J connectivity index is 2.48. The standard InChI is InChI=1S/C15H10ClNOS/c16-10-6-7-12-11(8-10)13(14(19)15(18)17-12)9-4-2-1-3-5-9/h1-8,19H,(H,17,18). The van der Waals surface area contributed by atoms with Crippen LogP contribution in [0.4, 0.5) is 0 Å². The van der Waals surface area contributed by atoms with Crippen molar-refractivity contribution in [2.75, 3.05) is 0 Å². The van der Waals surface area contributed by atoms with E-state index in [9.17, 15) is 4.79 Å². The molecule has 0 amide bonds. The van der Waals surface area contributed by atoms with E-state index in [1.807, 2.05) is 36.4 Å². The Morgan fingerprint density at radius 1 is 1.05 bits per heavy atom. The second-order valence-electron chi connectivity index (χ2n) is 4.23. The molecule has 0 saturated heterocycles. The number of halogens is 1. The predicted octanol–water partition coefficient (Wildman–Crippen LogP) is 4.14. The number of H-pyrrole nitrogens is 1. The van der Waals surface area contributed by atoms with Gasteiger partial charge >= 0.3 is 0 Å². The van der Waals surface area contributed by atoms with Crippen molar-refractivity contribution in [2.45, 2.75) is 4.90 Å². The monoisotopic (exact) mass is 287 g/mol. The minimum absolute atomic E-state index is 0.197. The molecule has 0 saturated carbocycles. The average molecular weight is 288 g/mol. The molecule has 1 aromatic heterocycles. The van der Waals surface area contributed by atoms with Crippen molar-refractivity contribution in [1.82, 2.24) is 4.98 Å². The molecule has 0 aliphatic heterocycles. The number of hydrogen-bond donors (Lipinski definition) is 2. The van der Waals surface area contributed by atoms with Crippen LogP contribution in [0.2, 0.25) is 5.02 Å². The predicted molar refractivity (Wildman–Crippen MR) is 82.3 cm³/mol. The van der Waals surface area contributed by atoms with Crippen LogP contribution in [0.25, 0.3) is 22.0 Å². The fourth-order valence-corrected chi connectivity index (χ4v) is 2.63. The van der Waals surface area contributed by atoms with Crippen LogP contribution in [0.15, 0.2) is 58.2 Å². The smallest absolute Gasteiger partial charge is 0.262 e. The van der Waals surface area contributed by atoms with Gasteiger partial charge in [-0.1, -0.05) is 41.9 Å².